The van der Waals surface area contributed by atoms with Crippen LogP contribution in [0.25, 0.3) is 0 Å². The molecular formula is C10H16O7. The molecule has 5 atom stereocenters. The van der Waals surface area contributed by atoms with E-state index in [9.17, 15) is 19.8 Å². The van der Waals surface area contributed by atoms with Gasteiger partial charge in [0.05, 0.1) is 6.10 Å². The Bertz CT molecular complexity index is 303. The summed E-state index contributed by atoms with van der Waals surface area (Å²) in [5.74, 6) is -1.31. The number of carbonyl (C=O) groups is 2. The number of carbonyl (C=O) groups excluding carboxylic acids is 2. The summed E-state index contributed by atoms with van der Waals surface area (Å²) in [5, 5.41) is 19.3. The van der Waals surface area contributed by atoms with Gasteiger partial charge in [0.2, 0.25) is 6.29 Å². The smallest absolute Gasteiger partial charge is 0.305 e. The van der Waals surface area contributed by atoms with E-state index in [1.807, 2.05) is 0 Å². The van der Waals surface area contributed by atoms with Crippen molar-refractivity contribution in [1.29, 1.82) is 0 Å². The first-order chi connectivity index (χ1) is 7.82. The van der Waals surface area contributed by atoms with Gasteiger partial charge >= 0.3 is 11.9 Å². The number of hydrogen-bond donors (Lipinski definition) is 2. The van der Waals surface area contributed by atoms with Crippen LogP contribution >= 0.6 is 0 Å². The lowest BCUT2D eigenvalue weighted by atomic mass is 10.00. The van der Waals surface area contributed by atoms with Crippen molar-refractivity contribution in [3.63, 3.8) is 0 Å². The SMILES string of the molecule is CC(=O)OC1OC(C)C(O)C(O)C1OC(C)=O. The Morgan fingerprint density at radius 2 is 1.59 bits per heavy atom. The topological polar surface area (TPSA) is 102 Å². The van der Waals surface area contributed by atoms with Crippen LogP contribution in [-0.2, 0) is 23.8 Å². The van der Waals surface area contributed by atoms with E-state index in [0.29, 0.717) is 0 Å². The highest BCUT2D eigenvalue weighted by atomic mass is 16.7. The molecular weight excluding hydrogens is 232 g/mol. The van der Waals surface area contributed by atoms with Gasteiger partial charge in [-0.15, -0.1) is 0 Å². The van der Waals surface area contributed by atoms with Crippen molar-refractivity contribution in [3.8, 4) is 0 Å². The van der Waals surface area contributed by atoms with Crippen molar-refractivity contribution >= 4 is 11.9 Å². The first kappa shape index (κ1) is 13.9. The lowest BCUT2D eigenvalue weighted by molar-refractivity contribution is -0.287. The molecule has 5 unspecified atom stereocenters. The van der Waals surface area contributed by atoms with Crippen LogP contribution in [0.5, 0.6) is 0 Å². The van der Waals surface area contributed by atoms with Crippen molar-refractivity contribution in [2.24, 2.45) is 0 Å². The van der Waals surface area contributed by atoms with Gasteiger partial charge in [-0.05, 0) is 6.92 Å². The van der Waals surface area contributed by atoms with Crippen molar-refractivity contribution in [2.45, 2.75) is 51.5 Å². The highest BCUT2D eigenvalue weighted by Crippen LogP contribution is 2.24. The van der Waals surface area contributed by atoms with Gasteiger partial charge in [0.15, 0.2) is 6.10 Å². The molecule has 1 heterocycles. The predicted octanol–water partition coefficient (Wildman–Crippen LogP) is -1.05. The van der Waals surface area contributed by atoms with Crippen LogP contribution in [0.3, 0.4) is 0 Å². The lowest BCUT2D eigenvalue weighted by Gasteiger charge is -2.39. The molecule has 7 nitrogen and oxygen atoms in total. The fourth-order valence-electron chi connectivity index (χ4n) is 1.58. The van der Waals surface area contributed by atoms with Crippen molar-refractivity contribution in [2.75, 3.05) is 0 Å². The van der Waals surface area contributed by atoms with Crippen LogP contribution in [0.1, 0.15) is 20.8 Å². The second-order valence-electron chi connectivity index (χ2n) is 3.87. The zero-order valence-corrected chi connectivity index (χ0v) is 9.82. The van der Waals surface area contributed by atoms with Crippen LogP contribution in [0.4, 0.5) is 0 Å². The maximum atomic E-state index is 10.9. The number of aliphatic hydroxyl groups excluding tert-OH is 2. The number of esters is 2. The molecule has 0 amide bonds. The third kappa shape index (κ3) is 3.39. The van der Waals surface area contributed by atoms with E-state index in [-0.39, 0.29) is 0 Å². The van der Waals surface area contributed by atoms with Crippen molar-refractivity contribution < 1.29 is 34.0 Å². The summed E-state index contributed by atoms with van der Waals surface area (Å²) in [7, 11) is 0. The van der Waals surface area contributed by atoms with Crippen molar-refractivity contribution in [1.82, 2.24) is 0 Å². The Morgan fingerprint density at radius 1 is 1.06 bits per heavy atom. The molecule has 1 fully saturated rings. The summed E-state index contributed by atoms with van der Waals surface area (Å²) < 4.78 is 14.7. The average molecular weight is 248 g/mol. The van der Waals surface area contributed by atoms with Crippen LogP contribution in [0, 0.1) is 0 Å². The molecule has 0 aromatic rings. The molecule has 1 aliphatic rings. The second-order valence-corrected chi connectivity index (χ2v) is 3.87. The summed E-state index contributed by atoms with van der Waals surface area (Å²) in [6, 6.07) is 0. The van der Waals surface area contributed by atoms with Crippen LogP contribution in [0.2, 0.25) is 0 Å². The summed E-state index contributed by atoms with van der Waals surface area (Å²) in [6.45, 7) is 3.81. The molecule has 0 spiro atoms. The summed E-state index contributed by atoms with van der Waals surface area (Å²) >= 11 is 0. The molecule has 0 aromatic carbocycles. The number of aliphatic hydroxyl groups is 2. The Kier molecular flexibility index (Phi) is 4.44. The van der Waals surface area contributed by atoms with Crippen LogP contribution in [-0.4, -0.2) is 52.9 Å². The van der Waals surface area contributed by atoms with E-state index in [1.165, 1.54) is 6.92 Å². The minimum absolute atomic E-state index is 0.636. The van der Waals surface area contributed by atoms with Gasteiger partial charge in [-0.3, -0.25) is 9.59 Å². The molecule has 1 saturated heterocycles. The van der Waals surface area contributed by atoms with Gasteiger partial charge in [0, 0.05) is 13.8 Å². The van der Waals surface area contributed by atoms with E-state index in [2.05, 4.69) is 0 Å². The number of hydrogen-bond acceptors (Lipinski definition) is 7. The maximum absolute atomic E-state index is 10.9. The minimum atomic E-state index is -1.37. The number of ether oxygens (including phenoxy) is 3. The Balaban J connectivity index is 2.82. The van der Waals surface area contributed by atoms with Gasteiger partial charge in [0.1, 0.15) is 12.2 Å². The third-order valence-corrected chi connectivity index (χ3v) is 2.37. The van der Waals surface area contributed by atoms with E-state index >= 15 is 0 Å². The summed E-state index contributed by atoms with van der Waals surface area (Å²) in [5.41, 5.74) is 0. The lowest BCUT2D eigenvalue weighted by Crippen LogP contribution is -2.58. The standard InChI is InChI=1S/C10H16O7/c1-4-7(13)8(14)9(16-5(2)11)10(15-4)17-6(3)12/h4,7-10,13-14H,1-3H3. The highest BCUT2D eigenvalue weighted by Gasteiger charge is 2.46. The molecule has 7 heteroatoms. The largest absolute Gasteiger partial charge is 0.453 e. The van der Waals surface area contributed by atoms with Gasteiger partial charge in [0.25, 0.3) is 0 Å². The van der Waals surface area contributed by atoms with Gasteiger partial charge in [-0.25, -0.2) is 0 Å². The Morgan fingerprint density at radius 3 is 2.06 bits per heavy atom. The molecule has 0 saturated carbocycles. The molecule has 1 rings (SSSR count). The van der Waals surface area contributed by atoms with E-state index in [0.717, 1.165) is 13.8 Å². The fourth-order valence-corrected chi connectivity index (χ4v) is 1.58. The molecule has 2 N–H and O–H groups in total. The quantitative estimate of drug-likeness (QED) is 0.601. The highest BCUT2D eigenvalue weighted by molar-refractivity contribution is 5.67. The third-order valence-electron chi connectivity index (χ3n) is 2.37. The predicted molar refractivity (Wildman–Crippen MR) is 53.7 cm³/mol. The Hall–Kier alpha value is -1.18. The van der Waals surface area contributed by atoms with Gasteiger partial charge in [-0.2, -0.15) is 0 Å². The minimum Gasteiger partial charge on any atom is -0.453 e. The second kappa shape index (κ2) is 5.44. The Labute approximate surface area is 98.3 Å². The zero-order valence-electron chi connectivity index (χ0n) is 9.82. The maximum Gasteiger partial charge on any atom is 0.305 e. The molecule has 17 heavy (non-hydrogen) atoms. The van der Waals surface area contributed by atoms with Gasteiger partial charge < -0.3 is 24.4 Å². The molecule has 0 bridgehead atoms. The van der Waals surface area contributed by atoms with Gasteiger partial charge in [-0.1, -0.05) is 0 Å². The van der Waals surface area contributed by atoms with Crippen molar-refractivity contribution in [3.05, 3.63) is 0 Å². The summed E-state index contributed by atoms with van der Waals surface area (Å²) in [4.78, 5) is 21.7. The first-order valence-electron chi connectivity index (χ1n) is 5.19. The van der Waals surface area contributed by atoms with E-state index in [4.69, 9.17) is 14.2 Å². The normalized spacial score (nSPS) is 37.4. The van der Waals surface area contributed by atoms with Crippen LogP contribution < -0.4 is 0 Å². The first-order valence-corrected chi connectivity index (χ1v) is 5.19. The van der Waals surface area contributed by atoms with Crippen LogP contribution in [0.15, 0.2) is 0 Å². The zero-order chi connectivity index (χ0) is 13.2. The molecule has 0 aliphatic carbocycles. The summed E-state index contributed by atoms with van der Waals surface area (Å²) in [6.07, 6.45) is -5.77. The van der Waals surface area contributed by atoms with E-state index in [1.54, 1.807) is 0 Å². The monoisotopic (exact) mass is 248 g/mol. The number of rotatable bonds is 2. The fraction of sp³-hybridized carbons (Fsp3) is 0.800. The molecule has 98 valence electrons. The molecule has 1 aliphatic heterocycles. The molecule has 0 radical (unpaired) electrons. The molecule has 0 aromatic heterocycles. The van der Waals surface area contributed by atoms with E-state index < -0.39 is 42.6 Å². The average Bonchev–Trinajstić information content (AvgIpc) is 2.20.